The smallest absolute Gasteiger partial charge is 0.337 e. The second-order valence-corrected chi connectivity index (χ2v) is 4.87. The molecule has 20 heavy (non-hydrogen) atoms. The molecule has 0 spiro atoms. The van der Waals surface area contributed by atoms with Crippen LogP contribution in [0.4, 0.5) is 5.82 Å². The molecule has 1 unspecified atom stereocenters. The van der Waals surface area contributed by atoms with E-state index in [0.29, 0.717) is 5.82 Å². The van der Waals surface area contributed by atoms with E-state index in [1.165, 1.54) is 12.3 Å². The number of halogens is 1. The average Bonchev–Trinajstić information content (AvgIpc) is 2.91. The van der Waals surface area contributed by atoms with Crippen LogP contribution in [0.15, 0.2) is 35.1 Å². The molecule has 6 heteroatoms. The number of furan rings is 1. The number of hydrogen-bond donors (Lipinski definition) is 2. The van der Waals surface area contributed by atoms with E-state index < -0.39 is 5.97 Å². The number of carboxylic acids is 1. The minimum atomic E-state index is -1.07. The lowest BCUT2D eigenvalue weighted by Gasteiger charge is -2.15. The van der Waals surface area contributed by atoms with Gasteiger partial charge in [-0.1, -0.05) is 11.6 Å². The second-order valence-electron chi connectivity index (χ2n) is 4.49. The molecule has 2 rings (SSSR count). The molecule has 5 nitrogen and oxygen atoms in total. The maximum absolute atomic E-state index is 11.0. The number of pyridine rings is 1. The number of carbonyl (C=O) groups is 1. The molecule has 0 aliphatic rings. The molecule has 0 amide bonds. The van der Waals surface area contributed by atoms with Crippen LogP contribution >= 0.6 is 11.6 Å². The third-order valence-electron chi connectivity index (χ3n) is 2.91. The number of aryl methyl sites for hydroxylation is 1. The number of nitrogens with one attached hydrogen (secondary N) is 1. The van der Waals surface area contributed by atoms with Crippen molar-refractivity contribution in [3.63, 3.8) is 0 Å². The minimum Gasteiger partial charge on any atom is -0.478 e. The van der Waals surface area contributed by atoms with Gasteiger partial charge in [-0.15, -0.1) is 0 Å². The summed E-state index contributed by atoms with van der Waals surface area (Å²) in [7, 11) is 0. The fourth-order valence-corrected chi connectivity index (χ4v) is 2.08. The van der Waals surface area contributed by atoms with Crippen LogP contribution in [0.1, 0.15) is 29.5 Å². The number of nitrogens with zero attached hydrogens (tertiary/aromatic N) is 1. The number of aromatic carboxylic acids is 1. The van der Waals surface area contributed by atoms with Gasteiger partial charge in [-0.05, 0) is 31.5 Å². The first kappa shape index (κ1) is 14.4. The summed E-state index contributed by atoms with van der Waals surface area (Å²) < 4.78 is 5.26. The molecule has 0 aliphatic heterocycles. The molecule has 2 N–H and O–H groups in total. The van der Waals surface area contributed by atoms with Crippen LogP contribution in [-0.2, 0) is 6.42 Å². The normalized spacial score (nSPS) is 12.1. The van der Waals surface area contributed by atoms with E-state index in [9.17, 15) is 4.79 Å². The van der Waals surface area contributed by atoms with Gasteiger partial charge in [0.05, 0.1) is 16.8 Å². The predicted octanol–water partition coefficient (Wildman–Crippen LogP) is 3.46. The van der Waals surface area contributed by atoms with E-state index in [1.807, 2.05) is 19.1 Å². The highest BCUT2D eigenvalue weighted by Gasteiger charge is 2.14. The largest absolute Gasteiger partial charge is 0.478 e. The summed E-state index contributed by atoms with van der Waals surface area (Å²) in [4.78, 5) is 15.1. The van der Waals surface area contributed by atoms with Gasteiger partial charge in [0.25, 0.3) is 0 Å². The number of rotatable bonds is 6. The van der Waals surface area contributed by atoms with Gasteiger partial charge in [0.2, 0.25) is 0 Å². The Balaban J connectivity index is 1.99. The van der Waals surface area contributed by atoms with Crippen molar-refractivity contribution in [2.45, 2.75) is 25.8 Å². The van der Waals surface area contributed by atoms with Crippen molar-refractivity contribution in [2.24, 2.45) is 0 Å². The first-order chi connectivity index (χ1) is 9.58. The molecule has 0 bridgehead atoms. The molecule has 106 valence electrons. The van der Waals surface area contributed by atoms with Crippen molar-refractivity contribution in [3.05, 3.63) is 47.0 Å². The summed E-state index contributed by atoms with van der Waals surface area (Å²) in [6.45, 7) is 1.98. The van der Waals surface area contributed by atoms with Gasteiger partial charge in [-0.3, -0.25) is 0 Å². The van der Waals surface area contributed by atoms with Gasteiger partial charge in [0.15, 0.2) is 0 Å². The van der Waals surface area contributed by atoms with Crippen LogP contribution < -0.4 is 5.32 Å². The Kier molecular flexibility index (Phi) is 4.63. The van der Waals surface area contributed by atoms with E-state index in [4.69, 9.17) is 21.1 Å². The fraction of sp³-hybridized carbons (Fsp3) is 0.286. The topological polar surface area (TPSA) is 75.4 Å². The van der Waals surface area contributed by atoms with Crippen molar-refractivity contribution < 1.29 is 14.3 Å². The first-order valence-electron chi connectivity index (χ1n) is 6.24. The van der Waals surface area contributed by atoms with E-state index in [0.717, 1.165) is 18.6 Å². The number of anilines is 1. The molecule has 0 aliphatic carbocycles. The zero-order valence-electron chi connectivity index (χ0n) is 11.0. The van der Waals surface area contributed by atoms with Crippen LogP contribution in [0.25, 0.3) is 0 Å². The Bertz CT molecular complexity index is 584. The molecule has 2 heterocycles. The number of hydrogen-bond acceptors (Lipinski definition) is 4. The summed E-state index contributed by atoms with van der Waals surface area (Å²) in [5.41, 5.74) is 0.0439. The summed E-state index contributed by atoms with van der Waals surface area (Å²) in [5, 5.41) is 12.2. The van der Waals surface area contributed by atoms with Crippen molar-refractivity contribution in [3.8, 4) is 0 Å². The number of carboxylic acid groups (broad SMARTS) is 1. The van der Waals surface area contributed by atoms with Gasteiger partial charge in [-0.2, -0.15) is 0 Å². The molecule has 0 fully saturated rings. The van der Waals surface area contributed by atoms with E-state index in [1.54, 1.807) is 6.26 Å². The molecule has 0 aromatic carbocycles. The molecule has 2 aromatic heterocycles. The molecule has 0 saturated heterocycles. The second kappa shape index (κ2) is 6.43. The van der Waals surface area contributed by atoms with Gasteiger partial charge >= 0.3 is 5.97 Å². The lowest BCUT2D eigenvalue weighted by atomic mass is 10.1. The summed E-state index contributed by atoms with van der Waals surface area (Å²) in [6.07, 6.45) is 4.68. The van der Waals surface area contributed by atoms with E-state index in [2.05, 4.69) is 10.3 Å². The Morgan fingerprint density at radius 1 is 1.55 bits per heavy atom. The summed E-state index contributed by atoms with van der Waals surface area (Å²) >= 11 is 6.02. The maximum atomic E-state index is 11.0. The third kappa shape index (κ3) is 3.51. The molecule has 1 atom stereocenters. The molecule has 2 aromatic rings. The molecule has 0 radical (unpaired) electrons. The summed E-state index contributed by atoms with van der Waals surface area (Å²) in [5.74, 6) is 0.235. The SMILES string of the molecule is CC(CCc1ccco1)Nc1nccc(C(=O)O)c1Cl. The van der Waals surface area contributed by atoms with Crippen LogP contribution in [0, 0.1) is 0 Å². The lowest BCUT2D eigenvalue weighted by Crippen LogP contribution is -2.17. The van der Waals surface area contributed by atoms with Gasteiger partial charge in [0, 0.05) is 18.7 Å². The Morgan fingerprint density at radius 2 is 2.35 bits per heavy atom. The highest BCUT2D eigenvalue weighted by atomic mass is 35.5. The Labute approximate surface area is 121 Å². The molecule has 0 saturated carbocycles. The predicted molar refractivity (Wildman–Crippen MR) is 76.3 cm³/mol. The standard InChI is InChI=1S/C14H15ClN2O3/c1-9(4-5-10-3-2-8-20-10)17-13-12(15)11(14(18)19)6-7-16-13/h2-3,6-9H,4-5H2,1H3,(H,16,17)(H,18,19). The monoisotopic (exact) mass is 294 g/mol. The van der Waals surface area contributed by atoms with Crippen LogP contribution in [0.5, 0.6) is 0 Å². The van der Waals surface area contributed by atoms with Gasteiger partial charge < -0.3 is 14.8 Å². The minimum absolute atomic E-state index is 0.0439. The lowest BCUT2D eigenvalue weighted by molar-refractivity contribution is 0.0697. The third-order valence-corrected chi connectivity index (χ3v) is 3.29. The van der Waals surface area contributed by atoms with Gasteiger partial charge in [0.1, 0.15) is 11.6 Å². The summed E-state index contributed by atoms with van der Waals surface area (Å²) in [6, 6.07) is 5.24. The van der Waals surface area contributed by atoms with Crippen molar-refractivity contribution >= 4 is 23.4 Å². The van der Waals surface area contributed by atoms with E-state index >= 15 is 0 Å². The molecular formula is C14H15ClN2O3. The zero-order valence-corrected chi connectivity index (χ0v) is 11.7. The fourth-order valence-electron chi connectivity index (χ4n) is 1.83. The highest BCUT2D eigenvalue weighted by Crippen LogP contribution is 2.24. The maximum Gasteiger partial charge on any atom is 0.337 e. The van der Waals surface area contributed by atoms with Gasteiger partial charge in [-0.25, -0.2) is 9.78 Å². The number of aromatic nitrogens is 1. The van der Waals surface area contributed by atoms with Crippen molar-refractivity contribution in [2.75, 3.05) is 5.32 Å². The van der Waals surface area contributed by atoms with Crippen LogP contribution in [-0.4, -0.2) is 22.1 Å². The molecular weight excluding hydrogens is 280 g/mol. The van der Waals surface area contributed by atoms with Crippen LogP contribution in [0.2, 0.25) is 5.02 Å². The average molecular weight is 295 g/mol. The zero-order chi connectivity index (χ0) is 14.5. The quantitative estimate of drug-likeness (QED) is 0.853. The van der Waals surface area contributed by atoms with E-state index in [-0.39, 0.29) is 16.6 Å². The van der Waals surface area contributed by atoms with Crippen LogP contribution in [0.3, 0.4) is 0 Å². The highest BCUT2D eigenvalue weighted by molar-refractivity contribution is 6.35. The van der Waals surface area contributed by atoms with Crippen molar-refractivity contribution in [1.82, 2.24) is 4.98 Å². The van der Waals surface area contributed by atoms with Crippen molar-refractivity contribution in [1.29, 1.82) is 0 Å². The Morgan fingerprint density at radius 3 is 3.00 bits per heavy atom. The first-order valence-corrected chi connectivity index (χ1v) is 6.62. The Hall–Kier alpha value is -2.01.